The molecule has 7 nitrogen and oxygen atoms in total. The molecule has 0 aromatic rings. The van der Waals surface area contributed by atoms with Crippen molar-refractivity contribution in [3.63, 3.8) is 0 Å². The van der Waals surface area contributed by atoms with Crippen molar-refractivity contribution < 1.29 is 20.1 Å². The second-order valence-electron chi connectivity index (χ2n) is 3.44. The topological polar surface area (TPSA) is 117 Å². The number of carbonyl (C=O) groups excluding carboxylic acids is 1. The second kappa shape index (κ2) is 10.5. The fraction of sp³-hybridized carbons (Fsp3) is 0.636. The molecule has 0 unspecified atom stereocenters. The van der Waals surface area contributed by atoms with Gasteiger partial charge in [-0.25, -0.2) is 0 Å². The molecule has 0 atom stereocenters. The molecule has 0 saturated heterocycles. The summed E-state index contributed by atoms with van der Waals surface area (Å²) in [5.74, 6) is -0.544. The minimum absolute atomic E-state index is 0.0256. The van der Waals surface area contributed by atoms with Crippen LogP contribution in [-0.4, -0.2) is 65.6 Å². The van der Waals surface area contributed by atoms with Gasteiger partial charge < -0.3 is 25.5 Å². The predicted octanol–water partition coefficient (Wildman–Crippen LogP) is -1.82. The van der Waals surface area contributed by atoms with Crippen LogP contribution in [0.5, 0.6) is 0 Å². The van der Waals surface area contributed by atoms with Crippen LogP contribution in [0.1, 0.15) is 6.42 Å². The summed E-state index contributed by atoms with van der Waals surface area (Å²) in [4.78, 5) is 13.0. The molecule has 4 N–H and O–H groups in total. The summed E-state index contributed by atoms with van der Waals surface area (Å²) in [7, 11) is 0. The van der Waals surface area contributed by atoms with Crippen molar-refractivity contribution in [2.24, 2.45) is 0 Å². The van der Waals surface area contributed by atoms with E-state index in [1.54, 1.807) is 6.07 Å². The molecule has 18 heavy (non-hydrogen) atoms. The molecule has 0 aliphatic heterocycles. The van der Waals surface area contributed by atoms with Crippen molar-refractivity contribution in [1.82, 2.24) is 10.2 Å². The van der Waals surface area contributed by atoms with Crippen LogP contribution in [-0.2, 0) is 4.79 Å². The van der Waals surface area contributed by atoms with Crippen LogP contribution < -0.4 is 5.32 Å². The van der Waals surface area contributed by atoms with Gasteiger partial charge in [0.25, 0.3) is 5.91 Å². The van der Waals surface area contributed by atoms with E-state index in [-0.39, 0.29) is 38.5 Å². The number of nitrogens with zero attached hydrogens (tertiary/aromatic N) is 2. The number of nitrogens with one attached hydrogen (secondary N) is 1. The molecule has 0 aliphatic rings. The third-order valence-corrected chi connectivity index (χ3v) is 2.10. The van der Waals surface area contributed by atoms with Gasteiger partial charge in [0.05, 0.1) is 13.2 Å². The van der Waals surface area contributed by atoms with Crippen LogP contribution in [0.2, 0.25) is 0 Å². The highest BCUT2D eigenvalue weighted by atomic mass is 16.3. The molecule has 0 radical (unpaired) electrons. The number of aliphatic hydroxyl groups is 3. The Morgan fingerprint density at radius 1 is 1.22 bits per heavy atom. The minimum atomic E-state index is -0.544. The van der Waals surface area contributed by atoms with Gasteiger partial charge in [-0.3, -0.25) is 4.79 Å². The van der Waals surface area contributed by atoms with Crippen LogP contribution >= 0.6 is 0 Å². The third kappa shape index (κ3) is 6.20. The van der Waals surface area contributed by atoms with Crippen LogP contribution in [0.25, 0.3) is 0 Å². The lowest BCUT2D eigenvalue weighted by atomic mass is 10.2. The van der Waals surface area contributed by atoms with Gasteiger partial charge in [0.15, 0.2) is 0 Å². The minimum Gasteiger partial charge on any atom is -0.396 e. The molecule has 0 bridgehead atoms. The fourth-order valence-electron chi connectivity index (χ4n) is 1.22. The number of nitriles is 1. The first-order chi connectivity index (χ1) is 8.71. The first kappa shape index (κ1) is 16.4. The molecule has 7 heteroatoms. The van der Waals surface area contributed by atoms with Crippen molar-refractivity contribution in [3.8, 4) is 6.07 Å². The Labute approximate surface area is 106 Å². The maximum absolute atomic E-state index is 11.8. The summed E-state index contributed by atoms with van der Waals surface area (Å²) in [6.07, 6.45) is 1.79. The Morgan fingerprint density at radius 3 is 2.28 bits per heavy atom. The zero-order valence-electron chi connectivity index (χ0n) is 10.2. The summed E-state index contributed by atoms with van der Waals surface area (Å²) in [6, 6.07) is 1.76. The smallest absolute Gasteiger partial charge is 0.266 e. The monoisotopic (exact) mass is 257 g/mol. The Kier molecular flexibility index (Phi) is 9.58. The number of rotatable bonds is 9. The quantitative estimate of drug-likeness (QED) is 0.219. The van der Waals surface area contributed by atoms with Crippen molar-refractivity contribution in [2.45, 2.75) is 6.42 Å². The van der Waals surface area contributed by atoms with Crippen LogP contribution in [0.3, 0.4) is 0 Å². The SMILES string of the molecule is N#C/C(=C/NCCCO)C(=O)N(CCO)CCO. The average molecular weight is 257 g/mol. The number of hydrogen-bond acceptors (Lipinski definition) is 6. The van der Waals surface area contributed by atoms with Gasteiger partial charge in [-0.1, -0.05) is 0 Å². The fourth-order valence-corrected chi connectivity index (χ4v) is 1.22. The van der Waals surface area contributed by atoms with Gasteiger partial charge in [-0.05, 0) is 6.42 Å². The highest BCUT2D eigenvalue weighted by Gasteiger charge is 2.17. The molecule has 0 fully saturated rings. The molecule has 0 aliphatic carbocycles. The summed E-state index contributed by atoms with van der Waals surface area (Å²) in [5, 5.41) is 37.8. The summed E-state index contributed by atoms with van der Waals surface area (Å²) in [5.41, 5.74) is -0.102. The number of aliphatic hydroxyl groups excluding tert-OH is 3. The van der Waals surface area contributed by atoms with Crippen molar-refractivity contribution >= 4 is 5.91 Å². The lowest BCUT2D eigenvalue weighted by molar-refractivity contribution is -0.127. The van der Waals surface area contributed by atoms with Gasteiger partial charge >= 0.3 is 0 Å². The van der Waals surface area contributed by atoms with E-state index < -0.39 is 5.91 Å². The molecule has 0 heterocycles. The van der Waals surface area contributed by atoms with Crippen molar-refractivity contribution in [1.29, 1.82) is 5.26 Å². The van der Waals surface area contributed by atoms with E-state index in [1.165, 1.54) is 11.1 Å². The van der Waals surface area contributed by atoms with Crippen molar-refractivity contribution in [3.05, 3.63) is 11.8 Å². The first-order valence-electron chi connectivity index (χ1n) is 5.66. The van der Waals surface area contributed by atoms with Crippen LogP contribution in [0, 0.1) is 11.3 Å². The number of amides is 1. The Balaban J connectivity index is 4.51. The van der Waals surface area contributed by atoms with E-state index in [9.17, 15) is 4.79 Å². The molecule has 1 amide bonds. The lowest BCUT2D eigenvalue weighted by Crippen LogP contribution is -2.37. The first-order valence-corrected chi connectivity index (χ1v) is 5.66. The standard InChI is InChI=1S/C11H19N3O4/c12-8-10(9-13-2-1-5-15)11(18)14(3-6-16)4-7-17/h9,13,15-17H,1-7H2/b10-9-. The zero-order valence-corrected chi connectivity index (χ0v) is 10.2. The highest BCUT2D eigenvalue weighted by molar-refractivity contribution is 5.97. The lowest BCUT2D eigenvalue weighted by Gasteiger charge is -2.19. The van der Waals surface area contributed by atoms with Crippen LogP contribution in [0.15, 0.2) is 11.8 Å². The Bertz CT molecular complexity index is 306. The van der Waals surface area contributed by atoms with Crippen LogP contribution in [0.4, 0.5) is 0 Å². The predicted molar refractivity (Wildman–Crippen MR) is 64.2 cm³/mol. The van der Waals surface area contributed by atoms with E-state index in [1.807, 2.05) is 0 Å². The molecular weight excluding hydrogens is 238 g/mol. The van der Waals surface area contributed by atoms with E-state index in [0.29, 0.717) is 13.0 Å². The molecule has 0 spiro atoms. The van der Waals surface area contributed by atoms with E-state index in [4.69, 9.17) is 20.6 Å². The van der Waals surface area contributed by atoms with E-state index >= 15 is 0 Å². The average Bonchev–Trinajstić information content (AvgIpc) is 2.38. The largest absolute Gasteiger partial charge is 0.396 e. The molecular formula is C11H19N3O4. The molecule has 0 aromatic heterocycles. The maximum atomic E-state index is 11.8. The van der Waals surface area contributed by atoms with E-state index in [0.717, 1.165) is 0 Å². The molecule has 0 saturated carbocycles. The maximum Gasteiger partial charge on any atom is 0.266 e. The molecule has 0 aromatic carbocycles. The third-order valence-electron chi connectivity index (χ3n) is 2.10. The summed E-state index contributed by atoms with van der Waals surface area (Å²) in [6.45, 7) is 0.141. The van der Waals surface area contributed by atoms with Gasteiger partial charge in [0.2, 0.25) is 0 Å². The van der Waals surface area contributed by atoms with Gasteiger partial charge in [0, 0.05) is 32.4 Å². The Hall–Kier alpha value is -1.62. The highest BCUT2D eigenvalue weighted by Crippen LogP contribution is 2.00. The van der Waals surface area contributed by atoms with Crippen molar-refractivity contribution in [2.75, 3.05) is 39.5 Å². The van der Waals surface area contributed by atoms with Gasteiger partial charge in [-0.15, -0.1) is 0 Å². The van der Waals surface area contributed by atoms with E-state index in [2.05, 4.69) is 5.32 Å². The molecule has 102 valence electrons. The number of carbonyl (C=O) groups is 1. The second-order valence-corrected chi connectivity index (χ2v) is 3.44. The van der Waals surface area contributed by atoms with Gasteiger partial charge in [-0.2, -0.15) is 5.26 Å². The normalized spacial score (nSPS) is 10.9. The number of hydrogen-bond donors (Lipinski definition) is 4. The summed E-state index contributed by atoms with van der Waals surface area (Å²) < 4.78 is 0. The summed E-state index contributed by atoms with van der Waals surface area (Å²) >= 11 is 0. The Morgan fingerprint density at radius 2 is 1.83 bits per heavy atom. The zero-order chi connectivity index (χ0) is 13.8. The molecule has 0 rings (SSSR count). The van der Waals surface area contributed by atoms with Gasteiger partial charge in [0.1, 0.15) is 11.6 Å².